The van der Waals surface area contributed by atoms with Crippen LogP contribution in [0.25, 0.3) is 5.69 Å². The van der Waals surface area contributed by atoms with Gasteiger partial charge in [-0.25, -0.2) is 9.59 Å². The van der Waals surface area contributed by atoms with E-state index in [2.05, 4.69) is 5.10 Å². The van der Waals surface area contributed by atoms with Gasteiger partial charge in [0.25, 0.3) is 5.56 Å². The summed E-state index contributed by atoms with van der Waals surface area (Å²) in [4.78, 5) is 37.1. The second-order valence-corrected chi connectivity index (χ2v) is 6.35. The Morgan fingerprint density at radius 2 is 1.83 bits per heavy atom. The Morgan fingerprint density at radius 3 is 2.45 bits per heavy atom. The third-order valence-electron chi connectivity index (χ3n) is 4.10. The fourth-order valence-corrected chi connectivity index (χ4v) is 2.94. The molecule has 10 heteroatoms. The summed E-state index contributed by atoms with van der Waals surface area (Å²) in [6.07, 6.45) is 0. The Morgan fingerprint density at radius 1 is 1.10 bits per heavy atom. The summed E-state index contributed by atoms with van der Waals surface area (Å²) in [5, 5.41) is 13.5. The van der Waals surface area contributed by atoms with Crippen LogP contribution in [0.2, 0.25) is 5.02 Å². The van der Waals surface area contributed by atoms with Crippen molar-refractivity contribution < 1.29 is 19.4 Å². The molecule has 0 atom stereocenters. The number of ether oxygens (including phenoxy) is 2. The molecule has 0 bridgehead atoms. The second kappa shape index (κ2) is 8.19. The number of halogens is 1. The Bertz CT molecular complexity index is 1200. The molecule has 9 nitrogen and oxygen atoms in total. The fraction of sp³-hybridized carbons (Fsp3) is 0.158. The van der Waals surface area contributed by atoms with Gasteiger partial charge in [-0.05, 0) is 29.8 Å². The predicted molar refractivity (Wildman–Crippen MR) is 105 cm³/mol. The van der Waals surface area contributed by atoms with E-state index in [1.54, 1.807) is 24.3 Å². The Kier molecular flexibility index (Phi) is 5.69. The van der Waals surface area contributed by atoms with Gasteiger partial charge in [0.2, 0.25) is 5.69 Å². The first kappa shape index (κ1) is 20.2. The van der Waals surface area contributed by atoms with Crippen LogP contribution >= 0.6 is 11.6 Å². The normalized spacial score (nSPS) is 10.6. The van der Waals surface area contributed by atoms with Gasteiger partial charge in [0.05, 0.1) is 26.5 Å². The third kappa shape index (κ3) is 3.99. The number of hydrogen-bond acceptors (Lipinski definition) is 6. The highest BCUT2D eigenvalue weighted by atomic mass is 35.5. The summed E-state index contributed by atoms with van der Waals surface area (Å²) >= 11 is 5.96. The van der Waals surface area contributed by atoms with E-state index in [0.717, 1.165) is 9.25 Å². The lowest BCUT2D eigenvalue weighted by Gasteiger charge is -2.13. The minimum Gasteiger partial charge on any atom is -0.493 e. The van der Waals surface area contributed by atoms with Crippen LogP contribution in [0.3, 0.4) is 0 Å². The number of aromatic carboxylic acids is 1. The lowest BCUT2D eigenvalue weighted by atomic mass is 10.2. The number of rotatable bonds is 6. The van der Waals surface area contributed by atoms with Crippen LogP contribution in [-0.4, -0.2) is 39.6 Å². The lowest BCUT2D eigenvalue weighted by molar-refractivity contribution is 0.0684. The number of carboxylic acids is 1. The zero-order chi connectivity index (χ0) is 21.1. The highest BCUT2D eigenvalue weighted by molar-refractivity contribution is 6.30. The maximum absolute atomic E-state index is 13.0. The van der Waals surface area contributed by atoms with Gasteiger partial charge in [0.15, 0.2) is 11.5 Å². The number of carbonyl (C=O) groups is 1. The van der Waals surface area contributed by atoms with Crippen LogP contribution < -0.4 is 20.7 Å². The second-order valence-electron chi connectivity index (χ2n) is 5.91. The molecule has 0 fully saturated rings. The van der Waals surface area contributed by atoms with Crippen molar-refractivity contribution in [2.24, 2.45) is 0 Å². The summed E-state index contributed by atoms with van der Waals surface area (Å²) in [7, 11) is 2.87. The van der Waals surface area contributed by atoms with E-state index < -0.39 is 22.9 Å². The zero-order valence-corrected chi connectivity index (χ0v) is 16.2. The molecule has 3 rings (SSSR count). The molecule has 0 radical (unpaired) electrons. The van der Waals surface area contributed by atoms with Crippen molar-refractivity contribution in [1.82, 2.24) is 14.3 Å². The molecular formula is C19H16ClN3O6. The number of hydrogen-bond donors (Lipinski definition) is 1. The van der Waals surface area contributed by atoms with E-state index in [4.69, 9.17) is 21.1 Å². The van der Waals surface area contributed by atoms with Gasteiger partial charge >= 0.3 is 11.7 Å². The van der Waals surface area contributed by atoms with E-state index in [1.165, 1.54) is 32.4 Å². The van der Waals surface area contributed by atoms with Crippen molar-refractivity contribution in [2.75, 3.05) is 14.2 Å². The van der Waals surface area contributed by atoms with Gasteiger partial charge in [0, 0.05) is 11.1 Å². The highest BCUT2D eigenvalue weighted by Gasteiger charge is 2.20. The Hall–Kier alpha value is -3.59. The average Bonchev–Trinajstić information content (AvgIpc) is 2.70. The summed E-state index contributed by atoms with van der Waals surface area (Å²) in [6, 6.07) is 11.0. The predicted octanol–water partition coefficient (Wildman–Crippen LogP) is 1.81. The van der Waals surface area contributed by atoms with E-state index in [0.29, 0.717) is 22.1 Å². The van der Waals surface area contributed by atoms with Gasteiger partial charge in [-0.3, -0.25) is 9.36 Å². The van der Waals surface area contributed by atoms with Crippen molar-refractivity contribution >= 4 is 17.6 Å². The van der Waals surface area contributed by atoms with Crippen LogP contribution in [0.15, 0.2) is 52.1 Å². The molecule has 0 amide bonds. The van der Waals surface area contributed by atoms with Crippen LogP contribution in [0.5, 0.6) is 11.5 Å². The maximum atomic E-state index is 13.0. The van der Waals surface area contributed by atoms with Gasteiger partial charge in [0.1, 0.15) is 0 Å². The molecule has 0 saturated heterocycles. The van der Waals surface area contributed by atoms with Crippen molar-refractivity contribution in [3.8, 4) is 17.2 Å². The minimum absolute atomic E-state index is 0.172. The summed E-state index contributed by atoms with van der Waals surface area (Å²) < 4.78 is 12.0. The lowest BCUT2D eigenvalue weighted by Crippen LogP contribution is -2.44. The van der Waals surface area contributed by atoms with Gasteiger partial charge in [-0.2, -0.15) is 9.78 Å². The van der Waals surface area contributed by atoms with Gasteiger partial charge in [-0.1, -0.05) is 23.7 Å². The van der Waals surface area contributed by atoms with E-state index in [1.807, 2.05) is 0 Å². The Balaban J connectivity index is 2.23. The first-order valence-electron chi connectivity index (χ1n) is 8.30. The van der Waals surface area contributed by atoms with Gasteiger partial charge < -0.3 is 14.6 Å². The van der Waals surface area contributed by atoms with Crippen LogP contribution in [0.1, 0.15) is 16.1 Å². The van der Waals surface area contributed by atoms with Crippen molar-refractivity contribution in [3.63, 3.8) is 0 Å². The van der Waals surface area contributed by atoms with E-state index in [-0.39, 0.29) is 12.2 Å². The minimum atomic E-state index is -1.55. The molecule has 0 aliphatic heterocycles. The molecule has 1 aromatic heterocycles. The van der Waals surface area contributed by atoms with Crippen molar-refractivity contribution in [3.05, 3.63) is 79.6 Å². The van der Waals surface area contributed by atoms with Crippen LogP contribution in [-0.2, 0) is 6.54 Å². The number of carboxylic acid groups (broad SMARTS) is 1. The first-order chi connectivity index (χ1) is 13.8. The molecule has 1 N–H and O–H groups in total. The standard InChI is InChI=1S/C19H16ClN3O6/c1-28-14-7-6-13(9-15(14)29-2)23-19(27)22(17(24)16(21-23)18(25)26)10-11-4-3-5-12(20)8-11/h3-9H,10H2,1-2H3,(H,25,26). The van der Waals surface area contributed by atoms with Crippen molar-refractivity contribution in [2.45, 2.75) is 6.54 Å². The average molecular weight is 418 g/mol. The molecule has 0 unspecified atom stereocenters. The molecule has 29 heavy (non-hydrogen) atoms. The van der Waals surface area contributed by atoms with Crippen LogP contribution in [0, 0.1) is 0 Å². The molecular weight excluding hydrogens is 402 g/mol. The number of aromatic nitrogens is 3. The molecule has 0 aliphatic carbocycles. The molecule has 3 aromatic rings. The number of nitrogens with zero attached hydrogens (tertiary/aromatic N) is 3. The summed E-state index contributed by atoms with van der Waals surface area (Å²) in [6.45, 7) is -0.172. The molecule has 2 aromatic carbocycles. The molecule has 1 heterocycles. The number of benzene rings is 2. The largest absolute Gasteiger partial charge is 0.493 e. The van der Waals surface area contributed by atoms with Gasteiger partial charge in [-0.15, -0.1) is 0 Å². The van der Waals surface area contributed by atoms with E-state index in [9.17, 15) is 19.5 Å². The third-order valence-corrected chi connectivity index (χ3v) is 4.34. The molecule has 0 spiro atoms. The maximum Gasteiger partial charge on any atom is 0.362 e. The topological polar surface area (TPSA) is 113 Å². The van der Waals surface area contributed by atoms with E-state index >= 15 is 0 Å². The highest BCUT2D eigenvalue weighted by Crippen LogP contribution is 2.28. The zero-order valence-electron chi connectivity index (χ0n) is 15.5. The summed E-state index contributed by atoms with van der Waals surface area (Å²) in [5.41, 5.74) is -1.86. The molecule has 0 aliphatic rings. The number of methoxy groups -OCH3 is 2. The van der Waals surface area contributed by atoms with Crippen molar-refractivity contribution in [1.29, 1.82) is 0 Å². The monoisotopic (exact) mass is 417 g/mol. The summed E-state index contributed by atoms with van der Waals surface area (Å²) in [5.74, 6) is -0.831. The quantitative estimate of drug-likeness (QED) is 0.650. The smallest absolute Gasteiger partial charge is 0.362 e. The molecule has 0 saturated carbocycles. The molecule has 150 valence electrons. The first-order valence-corrected chi connectivity index (χ1v) is 8.67. The Labute approximate surface area is 169 Å². The van der Waals surface area contributed by atoms with Crippen LogP contribution in [0.4, 0.5) is 0 Å². The SMILES string of the molecule is COc1ccc(-n2nc(C(=O)O)c(=O)n(Cc3cccc(Cl)c3)c2=O)cc1OC. The fourth-order valence-electron chi connectivity index (χ4n) is 2.73.